The second kappa shape index (κ2) is 4.46. The Hall–Kier alpha value is -1.70. The Balaban J connectivity index is 0.000000187. The molecule has 4 N–H and O–H groups in total. The molecule has 0 aliphatic carbocycles. The number of nitrogen functional groups attached to an aromatic ring is 1. The molecule has 1 heterocycles. The predicted molar refractivity (Wildman–Crippen MR) is 30.7 cm³/mol. The normalized spacial score (nSPS) is 6.56. The summed E-state index contributed by atoms with van der Waals surface area (Å²) in [7, 11) is 0. The highest BCUT2D eigenvalue weighted by molar-refractivity contribution is 5.04. The molecule has 0 aliphatic heterocycles. The Labute approximate surface area is 51.9 Å². The van der Waals surface area contributed by atoms with Crippen molar-refractivity contribution < 1.29 is 4.42 Å². The number of hydrogen-bond donors (Lipinski definition) is 2. The van der Waals surface area contributed by atoms with Crippen LogP contribution in [0, 0.1) is 11.5 Å². The summed E-state index contributed by atoms with van der Waals surface area (Å²) in [6.45, 7) is 0. The summed E-state index contributed by atoms with van der Waals surface area (Å²) in [4.78, 5) is 3.53. The number of rotatable bonds is 0. The number of hydrogen-bond acceptors (Lipinski definition) is 5. The van der Waals surface area contributed by atoms with Crippen molar-refractivity contribution in [3.8, 4) is 6.19 Å². The maximum absolute atomic E-state index is 7.10. The van der Waals surface area contributed by atoms with E-state index in [1.165, 1.54) is 18.7 Å². The van der Waals surface area contributed by atoms with Crippen molar-refractivity contribution in [3.05, 3.63) is 12.5 Å². The van der Waals surface area contributed by atoms with E-state index in [1.807, 2.05) is 0 Å². The van der Waals surface area contributed by atoms with Gasteiger partial charge >= 0.3 is 0 Å². The number of nitriles is 1. The van der Waals surface area contributed by atoms with E-state index < -0.39 is 0 Å². The molecule has 48 valence electrons. The molecule has 1 rings (SSSR count). The van der Waals surface area contributed by atoms with Crippen LogP contribution < -0.4 is 11.5 Å². The molecule has 5 nitrogen and oxygen atoms in total. The van der Waals surface area contributed by atoms with Crippen molar-refractivity contribution in [1.29, 1.82) is 5.26 Å². The molecule has 0 atom stereocenters. The summed E-state index contributed by atoms with van der Waals surface area (Å²) in [5, 5.41) is 7.10. The Morgan fingerprint density at radius 1 is 1.78 bits per heavy atom. The van der Waals surface area contributed by atoms with Crippen LogP contribution in [0.3, 0.4) is 0 Å². The van der Waals surface area contributed by atoms with E-state index in [4.69, 9.17) is 11.0 Å². The predicted octanol–water partition coefficient (Wildman–Crippen LogP) is -0.317. The summed E-state index contributed by atoms with van der Waals surface area (Å²) < 4.78 is 4.50. The van der Waals surface area contributed by atoms with Gasteiger partial charge in [0.1, 0.15) is 6.26 Å². The molecule has 0 spiro atoms. The van der Waals surface area contributed by atoms with Crippen molar-refractivity contribution in [2.45, 2.75) is 0 Å². The molecule has 5 heteroatoms. The third-order valence-electron chi connectivity index (χ3n) is 0.451. The first-order valence-corrected chi connectivity index (χ1v) is 2.06. The number of anilines is 1. The van der Waals surface area contributed by atoms with Gasteiger partial charge in [0.05, 0.1) is 6.20 Å². The standard InChI is InChI=1S/C3H4N2O.CH2N2/c4-3-5-1-2-6-3;2-1-3/h1-2H,(H2,4,5);2H2. The largest absolute Gasteiger partial charge is 0.432 e. The third-order valence-corrected chi connectivity index (χ3v) is 0.451. The molecule has 0 aromatic carbocycles. The van der Waals surface area contributed by atoms with E-state index in [1.54, 1.807) is 0 Å². The van der Waals surface area contributed by atoms with Gasteiger partial charge in [-0.25, -0.2) is 4.98 Å². The second-order valence-corrected chi connectivity index (χ2v) is 0.999. The molecule has 0 amide bonds. The van der Waals surface area contributed by atoms with Crippen LogP contribution in [0.5, 0.6) is 0 Å². The van der Waals surface area contributed by atoms with Crippen LogP contribution in [0.4, 0.5) is 6.01 Å². The molecule has 0 aliphatic rings. The van der Waals surface area contributed by atoms with E-state index in [0.717, 1.165) is 0 Å². The monoisotopic (exact) mass is 126 g/mol. The molecular formula is C4H6N4O. The summed E-state index contributed by atoms with van der Waals surface area (Å²) in [6, 6.07) is 0.218. The van der Waals surface area contributed by atoms with Gasteiger partial charge in [-0.15, -0.1) is 0 Å². The Morgan fingerprint density at radius 3 is 2.44 bits per heavy atom. The lowest BCUT2D eigenvalue weighted by Crippen LogP contribution is -1.79. The minimum Gasteiger partial charge on any atom is -0.432 e. The summed E-state index contributed by atoms with van der Waals surface area (Å²) >= 11 is 0. The first-order chi connectivity index (χ1) is 4.31. The molecule has 0 bridgehead atoms. The Morgan fingerprint density at radius 2 is 2.33 bits per heavy atom. The first kappa shape index (κ1) is 7.30. The maximum Gasteiger partial charge on any atom is 0.291 e. The second-order valence-electron chi connectivity index (χ2n) is 0.999. The fourth-order valence-corrected chi connectivity index (χ4v) is 0.234. The number of aromatic nitrogens is 1. The molecule has 0 saturated carbocycles. The van der Waals surface area contributed by atoms with E-state index >= 15 is 0 Å². The Kier molecular flexibility index (Phi) is 3.62. The SMILES string of the molecule is N#CN.Nc1ncco1. The summed E-state index contributed by atoms with van der Waals surface area (Å²) in [5.41, 5.74) is 9.15. The molecule has 0 radical (unpaired) electrons. The van der Waals surface area contributed by atoms with Crippen LogP contribution in [-0.2, 0) is 0 Å². The van der Waals surface area contributed by atoms with Gasteiger partial charge in [-0.1, -0.05) is 0 Å². The first-order valence-electron chi connectivity index (χ1n) is 2.06. The van der Waals surface area contributed by atoms with Crippen LogP contribution in [0.15, 0.2) is 16.9 Å². The van der Waals surface area contributed by atoms with Gasteiger partial charge in [0.25, 0.3) is 6.01 Å². The number of nitrogens with two attached hydrogens (primary N) is 2. The third kappa shape index (κ3) is 4.15. The summed E-state index contributed by atoms with van der Waals surface area (Å²) in [6.07, 6.45) is 4.17. The highest BCUT2D eigenvalue weighted by Gasteiger charge is 1.78. The van der Waals surface area contributed by atoms with Crippen molar-refractivity contribution in [2.75, 3.05) is 5.73 Å². The highest BCUT2D eigenvalue weighted by Crippen LogP contribution is 1.90. The molecule has 1 aromatic rings. The van der Waals surface area contributed by atoms with Crippen LogP contribution in [0.1, 0.15) is 0 Å². The zero-order valence-electron chi connectivity index (χ0n) is 4.61. The van der Waals surface area contributed by atoms with Crippen molar-refractivity contribution in [1.82, 2.24) is 4.98 Å². The topological polar surface area (TPSA) is 102 Å². The van der Waals surface area contributed by atoms with E-state index in [-0.39, 0.29) is 6.01 Å². The van der Waals surface area contributed by atoms with Crippen LogP contribution in [0.2, 0.25) is 0 Å². The van der Waals surface area contributed by atoms with Crippen molar-refractivity contribution >= 4 is 6.01 Å². The molecule has 0 fully saturated rings. The molecule has 0 unspecified atom stereocenters. The molecule has 1 aromatic heterocycles. The average molecular weight is 126 g/mol. The average Bonchev–Trinajstić information content (AvgIpc) is 2.20. The fraction of sp³-hybridized carbons (Fsp3) is 0. The van der Waals surface area contributed by atoms with Gasteiger partial charge in [-0.05, 0) is 0 Å². The van der Waals surface area contributed by atoms with Crippen molar-refractivity contribution in [3.63, 3.8) is 0 Å². The maximum atomic E-state index is 7.10. The van der Waals surface area contributed by atoms with Gasteiger partial charge in [-0.3, -0.25) is 0 Å². The number of oxazole rings is 1. The lowest BCUT2D eigenvalue weighted by Gasteiger charge is -1.68. The zero-order chi connectivity index (χ0) is 7.11. The zero-order valence-corrected chi connectivity index (χ0v) is 4.61. The highest BCUT2D eigenvalue weighted by atomic mass is 16.3. The quantitative estimate of drug-likeness (QED) is 0.366. The van der Waals surface area contributed by atoms with E-state index in [9.17, 15) is 0 Å². The Bertz CT molecular complexity index is 175. The van der Waals surface area contributed by atoms with Gasteiger partial charge in [0, 0.05) is 0 Å². The van der Waals surface area contributed by atoms with E-state index in [0.29, 0.717) is 0 Å². The minimum absolute atomic E-state index is 0.218. The van der Waals surface area contributed by atoms with Gasteiger partial charge in [0.15, 0.2) is 6.19 Å². The van der Waals surface area contributed by atoms with Crippen LogP contribution in [-0.4, -0.2) is 4.98 Å². The van der Waals surface area contributed by atoms with Gasteiger partial charge in [-0.2, -0.15) is 5.26 Å². The molecular weight excluding hydrogens is 120 g/mol. The van der Waals surface area contributed by atoms with Crippen LogP contribution >= 0.6 is 0 Å². The lowest BCUT2D eigenvalue weighted by molar-refractivity contribution is 0.580. The molecule has 9 heavy (non-hydrogen) atoms. The fourth-order valence-electron chi connectivity index (χ4n) is 0.234. The van der Waals surface area contributed by atoms with Crippen molar-refractivity contribution in [2.24, 2.45) is 5.73 Å². The van der Waals surface area contributed by atoms with Crippen LogP contribution in [0.25, 0.3) is 0 Å². The number of nitrogens with zero attached hydrogens (tertiary/aromatic N) is 2. The lowest BCUT2D eigenvalue weighted by atomic mass is 11.0. The molecule has 0 saturated heterocycles. The smallest absolute Gasteiger partial charge is 0.291 e. The van der Waals surface area contributed by atoms with E-state index in [2.05, 4.69) is 15.1 Å². The summed E-state index contributed by atoms with van der Waals surface area (Å²) in [5.74, 6) is 0. The van der Waals surface area contributed by atoms with Gasteiger partial charge in [0.2, 0.25) is 0 Å². The van der Waals surface area contributed by atoms with Gasteiger partial charge < -0.3 is 15.9 Å². The minimum atomic E-state index is 0.218.